The van der Waals surface area contributed by atoms with E-state index in [1.807, 2.05) is 11.8 Å². The first-order chi connectivity index (χ1) is 9.67. The molecule has 4 nitrogen and oxygen atoms in total. The molecule has 1 amide bonds. The van der Waals surface area contributed by atoms with Gasteiger partial charge in [0.25, 0.3) is 5.91 Å². The van der Waals surface area contributed by atoms with Gasteiger partial charge in [0.2, 0.25) is 0 Å². The van der Waals surface area contributed by atoms with Gasteiger partial charge < -0.3 is 15.0 Å². The van der Waals surface area contributed by atoms with Crippen molar-refractivity contribution in [2.24, 2.45) is 0 Å². The van der Waals surface area contributed by atoms with Crippen LogP contribution in [0.2, 0.25) is 0 Å². The molecule has 0 bridgehead atoms. The largest absolute Gasteiger partial charge is 0.496 e. The third kappa shape index (κ3) is 3.10. The molecular weight excluding hydrogens is 259 g/mol. The lowest BCUT2D eigenvalue weighted by Gasteiger charge is -2.28. The minimum absolute atomic E-state index is 0.156. The Bertz CT molecular complexity index is 473. The van der Waals surface area contributed by atoms with Crippen LogP contribution in [0.5, 0.6) is 5.75 Å². The number of hydrogen-bond acceptors (Lipinski definition) is 3. The number of halogens is 1. The van der Waals surface area contributed by atoms with Crippen LogP contribution in [0.4, 0.5) is 4.39 Å². The summed E-state index contributed by atoms with van der Waals surface area (Å²) in [6.07, 6.45) is 1.81. The second kappa shape index (κ2) is 6.70. The molecule has 0 aliphatic carbocycles. The van der Waals surface area contributed by atoms with Crippen molar-refractivity contribution in [3.8, 4) is 5.75 Å². The highest BCUT2D eigenvalue weighted by atomic mass is 19.1. The lowest BCUT2D eigenvalue weighted by Crippen LogP contribution is -2.42. The molecule has 5 heteroatoms. The van der Waals surface area contributed by atoms with Crippen LogP contribution in [0.1, 0.15) is 30.1 Å². The van der Waals surface area contributed by atoms with E-state index in [4.69, 9.17) is 4.74 Å². The second-order valence-electron chi connectivity index (χ2n) is 4.99. The first-order valence-corrected chi connectivity index (χ1v) is 7.02. The summed E-state index contributed by atoms with van der Waals surface area (Å²) in [4.78, 5) is 14.5. The third-order valence-electron chi connectivity index (χ3n) is 3.59. The van der Waals surface area contributed by atoms with E-state index in [2.05, 4.69) is 5.32 Å². The van der Waals surface area contributed by atoms with Crippen molar-refractivity contribution in [3.63, 3.8) is 0 Å². The van der Waals surface area contributed by atoms with Crippen molar-refractivity contribution in [2.75, 3.05) is 26.7 Å². The first-order valence-electron chi connectivity index (χ1n) is 7.02. The number of nitrogens with zero attached hydrogens (tertiary/aromatic N) is 1. The number of benzene rings is 1. The normalized spacial score (nSPS) is 18.1. The lowest BCUT2D eigenvalue weighted by molar-refractivity contribution is 0.0688. The summed E-state index contributed by atoms with van der Waals surface area (Å²) >= 11 is 0. The Morgan fingerprint density at radius 2 is 2.35 bits per heavy atom. The second-order valence-corrected chi connectivity index (χ2v) is 4.99. The molecule has 1 atom stereocenters. The quantitative estimate of drug-likeness (QED) is 0.897. The molecule has 1 saturated heterocycles. The number of hydrogen-bond donors (Lipinski definition) is 1. The van der Waals surface area contributed by atoms with E-state index >= 15 is 0 Å². The summed E-state index contributed by atoms with van der Waals surface area (Å²) < 4.78 is 18.6. The Labute approximate surface area is 118 Å². The summed E-state index contributed by atoms with van der Waals surface area (Å²) in [6.45, 7) is 4.41. The van der Waals surface area contributed by atoms with Gasteiger partial charge >= 0.3 is 0 Å². The van der Waals surface area contributed by atoms with Crippen molar-refractivity contribution in [1.82, 2.24) is 10.2 Å². The van der Waals surface area contributed by atoms with Crippen LogP contribution in [0.15, 0.2) is 18.2 Å². The van der Waals surface area contributed by atoms with Gasteiger partial charge in [-0.3, -0.25) is 4.79 Å². The highest BCUT2D eigenvalue weighted by Crippen LogP contribution is 2.23. The van der Waals surface area contributed by atoms with E-state index in [0.29, 0.717) is 17.9 Å². The number of ether oxygens (including phenoxy) is 1. The van der Waals surface area contributed by atoms with Gasteiger partial charge in [-0.25, -0.2) is 4.39 Å². The molecule has 0 spiro atoms. The number of methoxy groups -OCH3 is 1. The molecule has 1 N–H and O–H groups in total. The Balaban J connectivity index is 2.28. The Kier molecular flexibility index (Phi) is 4.95. The van der Waals surface area contributed by atoms with Crippen LogP contribution >= 0.6 is 0 Å². The van der Waals surface area contributed by atoms with Crippen LogP contribution in [-0.4, -0.2) is 43.6 Å². The first kappa shape index (κ1) is 14.8. The van der Waals surface area contributed by atoms with Crippen LogP contribution < -0.4 is 10.1 Å². The highest BCUT2D eigenvalue weighted by molar-refractivity contribution is 5.97. The van der Waals surface area contributed by atoms with Gasteiger partial charge in [0.05, 0.1) is 12.7 Å². The molecule has 1 aromatic carbocycles. The van der Waals surface area contributed by atoms with Gasteiger partial charge in [0.15, 0.2) is 0 Å². The van der Waals surface area contributed by atoms with Gasteiger partial charge in [-0.2, -0.15) is 0 Å². The maximum absolute atomic E-state index is 13.4. The van der Waals surface area contributed by atoms with Gasteiger partial charge in [0.1, 0.15) is 11.6 Å². The SMILES string of the molecule is CCCN(C(=O)c1cc(F)ccc1OC)C1CCNC1. The van der Waals surface area contributed by atoms with E-state index in [1.165, 1.54) is 25.3 Å². The predicted molar refractivity (Wildman–Crippen MR) is 75.6 cm³/mol. The fraction of sp³-hybridized carbons (Fsp3) is 0.533. The Hall–Kier alpha value is -1.62. The molecule has 0 aromatic heterocycles. The minimum atomic E-state index is -0.421. The monoisotopic (exact) mass is 280 g/mol. The molecule has 1 heterocycles. The molecule has 1 aromatic rings. The summed E-state index contributed by atoms with van der Waals surface area (Å²) in [5.41, 5.74) is 0.299. The zero-order valence-electron chi connectivity index (χ0n) is 12.0. The van der Waals surface area contributed by atoms with Crippen LogP contribution in [-0.2, 0) is 0 Å². The van der Waals surface area contributed by atoms with Crippen molar-refractivity contribution >= 4 is 5.91 Å². The fourth-order valence-corrected chi connectivity index (χ4v) is 2.60. The summed E-state index contributed by atoms with van der Waals surface area (Å²) in [5, 5.41) is 3.26. The van der Waals surface area contributed by atoms with Gasteiger partial charge in [-0.1, -0.05) is 6.92 Å². The average Bonchev–Trinajstić information content (AvgIpc) is 2.98. The van der Waals surface area contributed by atoms with Crippen LogP contribution in [0.3, 0.4) is 0 Å². The molecule has 1 aliphatic heterocycles. The van der Waals surface area contributed by atoms with Gasteiger partial charge in [0, 0.05) is 19.1 Å². The summed E-state index contributed by atoms with van der Waals surface area (Å²) in [7, 11) is 1.49. The van der Waals surface area contributed by atoms with Crippen LogP contribution in [0, 0.1) is 5.82 Å². The van der Waals surface area contributed by atoms with Crippen LogP contribution in [0.25, 0.3) is 0 Å². The molecular formula is C15H21FN2O2. The summed E-state index contributed by atoms with van der Waals surface area (Å²) in [5.74, 6) is -0.157. The molecule has 0 saturated carbocycles. The topological polar surface area (TPSA) is 41.6 Å². The maximum Gasteiger partial charge on any atom is 0.258 e. The zero-order chi connectivity index (χ0) is 14.5. The summed E-state index contributed by atoms with van der Waals surface area (Å²) in [6, 6.07) is 4.23. The van der Waals surface area contributed by atoms with Crippen molar-refractivity contribution in [2.45, 2.75) is 25.8 Å². The molecule has 110 valence electrons. The van der Waals surface area contributed by atoms with E-state index < -0.39 is 5.82 Å². The fourth-order valence-electron chi connectivity index (χ4n) is 2.60. The molecule has 0 radical (unpaired) electrons. The Morgan fingerprint density at radius 1 is 1.55 bits per heavy atom. The molecule has 1 aliphatic rings. The van der Waals surface area contributed by atoms with Crippen molar-refractivity contribution in [3.05, 3.63) is 29.6 Å². The van der Waals surface area contributed by atoms with E-state index in [0.717, 1.165) is 25.9 Å². The average molecular weight is 280 g/mol. The maximum atomic E-state index is 13.4. The third-order valence-corrected chi connectivity index (χ3v) is 3.59. The minimum Gasteiger partial charge on any atom is -0.496 e. The van der Waals surface area contributed by atoms with Crippen molar-refractivity contribution < 1.29 is 13.9 Å². The molecule has 2 rings (SSSR count). The molecule has 1 fully saturated rings. The standard InChI is InChI=1S/C15H21FN2O2/c1-3-8-18(12-6-7-17-10-12)15(19)13-9-11(16)4-5-14(13)20-2/h4-5,9,12,17H,3,6-8,10H2,1-2H3. The zero-order valence-corrected chi connectivity index (χ0v) is 12.0. The number of rotatable bonds is 5. The van der Waals surface area contributed by atoms with E-state index in [1.54, 1.807) is 0 Å². The Morgan fingerprint density at radius 3 is 2.95 bits per heavy atom. The number of amides is 1. The molecule has 1 unspecified atom stereocenters. The number of nitrogens with one attached hydrogen (secondary N) is 1. The molecule has 20 heavy (non-hydrogen) atoms. The lowest BCUT2D eigenvalue weighted by atomic mass is 10.1. The predicted octanol–water partition coefficient (Wildman–Crippen LogP) is 2.05. The number of carbonyl (C=O) groups excluding carboxylic acids is 1. The van der Waals surface area contributed by atoms with Gasteiger partial charge in [-0.05, 0) is 37.6 Å². The van der Waals surface area contributed by atoms with Gasteiger partial charge in [-0.15, -0.1) is 0 Å². The van der Waals surface area contributed by atoms with E-state index in [9.17, 15) is 9.18 Å². The highest BCUT2D eigenvalue weighted by Gasteiger charge is 2.28. The smallest absolute Gasteiger partial charge is 0.258 e. The number of carbonyl (C=O) groups is 1. The van der Waals surface area contributed by atoms with Crippen molar-refractivity contribution in [1.29, 1.82) is 0 Å². The van der Waals surface area contributed by atoms with E-state index in [-0.39, 0.29) is 11.9 Å².